The van der Waals surface area contributed by atoms with E-state index in [1.165, 1.54) is 19.3 Å². The van der Waals surface area contributed by atoms with E-state index in [1.54, 1.807) is 6.20 Å². The first-order valence-electron chi connectivity index (χ1n) is 11.5. The predicted octanol–water partition coefficient (Wildman–Crippen LogP) is 5.14. The number of nitrogens with zero attached hydrogens (tertiary/aromatic N) is 3. The third kappa shape index (κ3) is 3.91. The van der Waals surface area contributed by atoms with E-state index in [2.05, 4.69) is 49.4 Å². The van der Waals surface area contributed by atoms with E-state index in [0.29, 0.717) is 12.1 Å². The summed E-state index contributed by atoms with van der Waals surface area (Å²) in [5, 5.41) is 8.52. The van der Waals surface area contributed by atoms with Crippen LogP contribution in [-0.4, -0.2) is 31.3 Å². The highest BCUT2D eigenvalue weighted by molar-refractivity contribution is 5.93. The van der Waals surface area contributed by atoms with Crippen LogP contribution in [0.3, 0.4) is 0 Å². The highest BCUT2D eigenvalue weighted by Gasteiger charge is 2.17. The summed E-state index contributed by atoms with van der Waals surface area (Å²) in [4.78, 5) is 12.5. The van der Waals surface area contributed by atoms with Crippen LogP contribution in [0, 0.1) is 0 Å². The third-order valence-corrected chi connectivity index (χ3v) is 6.48. The Labute approximate surface area is 191 Å². The minimum Gasteiger partial charge on any atom is -0.489 e. The van der Waals surface area contributed by atoms with Gasteiger partial charge in [0.1, 0.15) is 5.75 Å². The molecular formula is C26H26N6O. The van der Waals surface area contributed by atoms with E-state index in [0.717, 1.165) is 63.4 Å². The zero-order valence-corrected chi connectivity index (χ0v) is 18.3. The van der Waals surface area contributed by atoms with Crippen molar-refractivity contribution in [2.24, 2.45) is 5.73 Å². The molecule has 0 saturated heterocycles. The van der Waals surface area contributed by atoms with E-state index in [1.807, 2.05) is 24.5 Å². The first kappa shape index (κ1) is 19.8. The van der Waals surface area contributed by atoms with Crippen molar-refractivity contribution >= 4 is 17.1 Å². The van der Waals surface area contributed by atoms with Crippen molar-refractivity contribution in [2.45, 2.75) is 44.6 Å². The Balaban J connectivity index is 1.33. The normalized spacial score (nSPS) is 16.4. The molecule has 33 heavy (non-hydrogen) atoms. The Morgan fingerprint density at radius 1 is 1.00 bits per heavy atom. The molecule has 4 N–H and O–H groups in total. The molecule has 0 bridgehead atoms. The van der Waals surface area contributed by atoms with Crippen LogP contribution in [0.1, 0.15) is 43.4 Å². The lowest BCUT2D eigenvalue weighted by Gasteiger charge is -2.23. The van der Waals surface area contributed by atoms with Crippen LogP contribution in [0.4, 0.5) is 0 Å². The van der Waals surface area contributed by atoms with Crippen molar-refractivity contribution in [1.82, 2.24) is 25.1 Å². The number of ether oxygens (including phenoxy) is 1. The molecule has 4 heterocycles. The lowest BCUT2D eigenvalue weighted by atomic mass is 9.98. The van der Waals surface area contributed by atoms with Crippen LogP contribution < -0.4 is 10.5 Å². The largest absolute Gasteiger partial charge is 0.489 e. The van der Waals surface area contributed by atoms with E-state index >= 15 is 0 Å². The highest BCUT2D eigenvalue weighted by atomic mass is 16.5. The Morgan fingerprint density at radius 2 is 1.88 bits per heavy atom. The summed E-state index contributed by atoms with van der Waals surface area (Å²) in [5.41, 5.74) is 13.6. The van der Waals surface area contributed by atoms with Gasteiger partial charge in [-0.2, -0.15) is 5.10 Å². The van der Waals surface area contributed by atoms with E-state index in [4.69, 9.17) is 10.5 Å². The number of rotatable bonds is 4. The summed E-state index contributed by atoms with van der Waals surface area (Å²) in [6, 6.07) is 6.29. The van der Waals surface area contributed by atoms with E-state index in [9.17, 15) is 0 Å². The van der Waals surface area contributed by atoms with Crippen molar-refractivity contribution in [3.05, 3.63) is 65.9 Å². The molecule has 0 unspecified atom stereocenters. The number of H-pyrrole nitrogens is 2. The molecule has 0 aromatic carbocycles. The number of nitrogens with one attached hydrogen (secondary N) is 2. The number of hydrogen-bond donors (Lipinski definition) is 3. The zero-order chi connectivity index (χ0) is 22.2. The maximum Gasteiger partial charge on any atom is 0.181 e. The van der Waals surface area contributed by atoms with Gasteiger partial charge >= 0.3 is 0 Å². The molecule has 2 aliphatic rings. The van der Waals surface area contributed by atoms with Crippen molar-refractivity contribution < 1.29 is 4.74 Å². The van der Waals surface area contributed by atoms with Gasteiger partial charge in [-0.3, -0.25) is 10.1 Å². The molecule has 0 aliphatic heterocycles. The molecule has 1 fully saturated rings. The van der Waals surface area contributed by atoms with Crippen LogP contribution in [0.25, 0.3) is 39.6 Å². The lowest BCUT2D eigenvalue weighted by molar-refractivity contribution is 0.154. The molecule has 1 saturated carbocycles. The topological polar surface area (TPSA) is 106 Å². The summed E-state index contributed by atoms with van der Waals surface area (Å²) in [6.07, 6.45) is 18.5. The SMILES string of the molecule is NC1=CC=Cc2cc(-c3[nH]nc4ncc(-c5cncc(OC6CCCCC6)c5)cc34)[nH]c2C1. The van der Waals surface area contributed by atoms with Crippen molar-refractivity contribution in [1.29, 1.82) is 0 Å². The number of nitrogens with two attached hydrogens (primary N) is 1. The number of hydrogen-bond acceptors (Lipinski definition) is 5. The molecule has 0 atom stereocenters. The zero-order valence-electron chi connectivity index (χ0n) is 18.3. The van der Waals surface area contributed by atoms with Gasteiger partial charge in [-0.25, -0.2) is 4.98 Å². The highest BCUT2D eigenvalue weighted by Crippen LogP contribution is 2.32. The van der Waals surface area contributed by atoms with Gasteiger partial charge in [0.25, 0.3) is 0 Å². The van der Waals surface area contributed by atoms with Crippen LogP contribution in [-0.2, 0) is 6.42 Å². The molecule has 4 aromatic rings. The monoisotopic (exact) mass is 438 g/mol. The first-order valence-corrected chi connectivity index (χ1v) is 11.5. The molecular weight excluding hydrogens is 412 g/mol. The second kappa shape index (κ2) is 8.24. The molecule has 166 valence electrons. The first-order chi connectivity index (χ1) is 16.2. The van der Waals surface area contributed by atoms with Crippen LogP contribution in [0.15, 0.2) is 54.6 Å². The van der Waals surface area contributed by atoms with Crippen molar-refractivity contribution in [2.75, 3.05) is 0 Å². The molecule has 0 spiro atoms. The van der Waals surface area contributed by atoms with E-state index in [-0.39, 0.29) is 6.10 Å². The number of fused-ring (bicyclic) bond motifs is 2. The minimum absolute atomic E-state index is 0.290. The fourth-order valence-corrected chi connectivity index (χ4v) is 4.76. The van der Waals surface area contributed by atoms with Crippen LogP contribution in [0.5, 0.6) is 5.75 Å². The molecule has 7 nitrogen and oxygen atoms in total. The van der Waals surface area contributed by atoms with Crippen molar-refractivity contribution in [3.63, 3.8) is 0 Å². The van der Waals surface area contributed by atoms with Crippen molar-refractivity contribution in [3.8, 4) is 28.3 Å². The standard InChI is InChI=1S/C26H26N6O/c27-19-6-4-5-16-11-24(30-23(16)12-19)25-22-10-18(14-29-26(22)32-31-25)17-9-21(15-28-13-17)33-20-7-2-1-3-8-20/h4-6,9-11,13-15,20,30H,1-3,7-8,12,27H2,(H,29,31,32). The Bertz CT molecular complexity index is 1370. The maximum absolute atomic E-state index is 6.22. The van der Waals surface area contributed by atoms with Gasteiger partial charge < -0.3 is 15.5 Å². The fraction of sp³-hybridized carbons (Fsp3) is 0.269. The third-order valence-electron chi connectivity index (χ3n) is 6.48. The fourth-order valence-electron chi connectivity index (χ4n) is 4.76. The van der Waals surface area contributed by atoms with E-state index < -0.39 is 0 Å². The average molecular weight is 439 g/mol. The van der Waals surface area contributed by atoms with Gasteiger partial charge in [0.15, 0.2) is 5.65 Å². The Morgan fingerprint density at radius 3 is 2.79 bits per heavy atom. The lowest BCUT2D eigenvalue weighted by Crippen LogP contribution is -2.19. The molecule has 0 radical (unpaired) electrons. The van der Waals surface area contributed by atoms with Crippen LogP contribution >= 0.6 is 0 Å². The van der Waals surface area contributed by atoms with Gasteiger partial charge in [0.2, 0.25) is 0 Å². The maximum atomic E-state index is 6.22. The van der Waals surface area contributed by atoms with Gasteiger partial charge in [-0.15, -0.1) is 0 Å². The average Bonchev–Trinajstić information content (AvgIpc) is 3.39. The van der Waals surface area contributed by atoms with Gasteiger partial charge in [-0.1, -0.05) is 18.6 Å². The number of aromatic amines is 2. The van der Waals surface area contributed by atoms with Crippen LogP contribution in [0.2, 0.25) is 0 Å². The Kier molecular flexibility index (Phi) is 4.94. The molecule has 4 aromatic heterocycles. The van der Waals surface area contributed by atoms with Gasteiger partial charge in [0.05, 0.1) is 23.7 Å². The second-order valence-electron chi connectivity index (χ2n) is 8.88. The summed E-state index contributed by atoms with van der Waals surface area (Å²) in [5.74, 6) is 0.817. The number of pyridine rings is 2. The minimum atomic E-state index is 0.290. The number of aromatic nitrogens is 5. The van der Waals surface area contributed by atoms with Gasteiger partial charge in [0, 0.05) is 46.7 Å². The quantitative estimate of drug-likeness (QED) is 0.409. The molecule has 7 heteroatoms. The molecule has 2 aliphatic carbocycles. The Hall–Kier alpha value is -3.87. The second-order valence-corrected chi connectivity index (χ2v) is 8.88. The molecule has 6 rings (SSSR count). The predicted molar refractivity (Wildman–Crippen MR) is 129 cm³/mol. The van der Waals surface area contributed by atoms with Gasteiger partial charge in [-0.05, 0) is 55.5 Å². The summed E-state index contributed by atoms with van der Waals surface area (Å²) < 4.78 is 6.22. The smallest absolute Gasteiger partial charge is 0.181 e. The summed E-state index contributed by atoms with van der Waals surface area (Å²) in [7, 11) is 0. The summed E-state index contributed by atoms with van der Waals surface area (Å²) >= 11 is 0. The number of allylic oxidation sites excluding steroid dienone is 3. The summed E-state index contributed by atoms with van der Waals surface area (Å²) in [6.45, 7) is 0. The molecule has 0 amide bonds.